The van der Waals surface area contributed by atoms with Gasteiger partial charge < -0.3 is 10.5 Å². The Morgan fingerprint density at radius 2 is 2.00 bits per heavy atom. The first-order chi connectivity index (χ1) is 3.93. The van der Waals surface area contributed by atoms with Gasteiger partial charge in [-0.05, 0) is 26.8 Å². The molecule has 0 aromatic carbocycles. The molecule has 0 atom stereocenters. The molecule has 1 rings (SSSR count). The molecule has 2 N–H and O–H groups in total. The molecular formula is C6H15NO. The van der Waals surface area contributed by atoms with E-state index in [2.05, 4.69) is 5.73 Å². The summed E-state index contributed by atoms with van der Waals surface area (Å²) in [6.45, 7) is 2.93. The van der Waals surface area contributed by atoms with Crippen LogP contribution >= 0.6 is 0 Å². The minimum Gasteiger partial charge on any atom is -0.379 e. The van der Waals surface area contributed by atoms with E-state index in [9.17, 15) is 0 Å². The SMILES string of the molecule is CCOC1CC1.CN. The number of rotatable bonds is 2. The number of ether oxygens (including phenoxy) is 1. The second kappa shape index (κ2) is 5.06. The fourth-order valence-corrected chi connectivity index (χ4v) is 0.470. The Balaban J connectivity index is 0.000000222. The number of hydrogen-bond acceptors (Lipinski definition) is 2. The fourth-order valence-electron chi connectivity index (χ4n) is 0.470. The summed E-state index contributed by atoms with van der Waals surface area (Å²) in [4.78, 5) is 0. The summed E-state index contributed by atoms with van der Waals surface area (Å²) >= 11 is 0. The third-order valence-electron chi connectivity index (χ3n) is 0.927. The monoisotopic (exact) mass is 117 g/mol. The maximum atomic E-state index is 5.15. The van der Waals surface area contributed by atoms with Crippen molar-refractivity contribution in [3.05, 3.63) is 0 Å². The van der Waals surface area contributed by atoms with E-state index in [1.807, 2.05) is 6.92 Å². The molecule has 1 aliphatic carbocycles. The maximum Gasteiger partial charge on any atom is 0.0576 e. The van der Waals surface area contributed by atoms with Gasteiger partial charge >= 0.3 is 0 Å². The zero-order chi connectivity index (χ0) is 6.41. The molecule has 1 aliphatic rings. The molecule has 0 heterocycles. The van der Waals surface area contributed by atoms with Crippen LogP contribution in [-0.2, 0) is 4.74 Å². The van der Waals surface area contributed by atoms with Gasteiger partial charge in [-0.15, -0.1) is 0 Å². The Morgan fingerprint density at radius 3 is 2.12 bits per heavy atom. The number of hydrogen-bond donors (Lipinski definition) is 1. The summed E-state index contributed by atoms with van der Waals surface area (Å²) in [6, 6.07) is 0. The van der Waals surface area contributed by atoms with Crippen LogP contribution in [0.1, 0.15) is 19.8 Å². The molecular weight excluding hydrogens is 102 g/mol. The van der Waals surface area contributed by atoms with E-state index < -0.39 is 0 Å². The average molecular weight is 117 g/mol. The molecule has 0 amide bonds. The van der Waals surface area contributed by atoms with E-state index in [1.54, 1.807) is 0 Å². The minimum atomic E-state index is 0.648. The van der Waals surface area contributed by atoms with Crippen molar-refractivity contribution < 1.29 is 4.74 Å². The van der Waals surface area contributed by atoms with Crippen LogP contribution in [0.2, 0.25) is 0 Å². The van der Waals surface area contributed by atoms with E-state index in [1.165, 1.54) is 19.9 Å². The van der Waals surface area contributed by atoms with Crippen LogP contribution in [0.4, 0.5) is 0 Å². The van der Waals surface area contributed by atoms with Gasteiger partial charge in [-0.25, -0.2) is 0 Å². The quantitative estimate of drug-likeness (QED) is 0.579. The minimum absolute atomic E-state index is 0.648. The van der Waals surface area contributed by atoms with Gasteiger partial charge in [0, 0.05) is 6.61 Å². The van der Waals surface area contributed by atoms with Crippen molar-refractivity contribution in [2.24, 2.45) is 5.73 Å². The van der Waals surface area contributed by atoms with Gasteiger partial charge in [-0.2, -0.15) is 0 Å². The van der Waals surface area contributed by atoms with Gasteiger partial charge in [0.25, 0.3) is 0 Å². The zero-order valence-electron chi connectivity index (χ0n) is 5.68. The Morgan fingerprint density at radius 1 is 1.50 bits per heavy atom. The molecule has 50 valence electrons. The van der Waals surface area contributed by atoms with Crippen LogP contribution < -0.4 is 5.73 Å². The van der Waals surface area contributed by atoms with Crippen LogP contribution in [0.5, 0.6) is 0 Å². The molecule has 2 nitrogen and oxygen atoms in total. The van der Waals surface area contributed by atoms with E-state index in [0.717, 1.165) is 6.61 Å². The summed E-state index contributed by atoms with van der Waals surface area (Å²) in [6.07, 6.45) is 3.25. The first-order valence-electron chi connectivity index (χ1n) is 3.13. The molecule has 2 heteroatoms. The average Bonchev–Trinajstić information content (AvgIpc) is 2.57. The third-order valence-corrected chi connectivity index (χ3v) is 0.927. The second-order valence-corrected chi connectivity index (χ2v) is 1.65. The molecule has 0 radical (unpaired) electrons. The molecule has 1 saturated carbocycles. The van der Waals surface area contributed by atoms with Crippen molar-refractivity contribution in [1.29, 1.82) is 0 Å². The standard InChI is InChI=1S/C5H10O.CH5N/c1-2-6-5-3-4-5;1-2/h5H,2-4H2,1H3;2H2,1H3. The molecule has 0 aliphatic heterocycles. The molecule has 0 bridgehead atoms. The zero-order valence-corrected chi connectivity index (χ0v) is 5.68. The Kier molecular flexibility index (Phi) is 5.01. The summed E-state index contributed by atoms with van der Waals surface area (Å²) < 4.78 is 5.15. The molecule has 0 saturated heterocycles. The van der Waals surface area contributed by atoms with Crippen LogP contribution in [0.3, 0.4) is 0 Å². The summed E-state index contributed by atoms with van der Waals surface area (Å²) in [5.74, 6) is 0. The molecule has 0 aromatic heterocycles. The largest absolute Gasteiger partial charge is 0.379 e. The van der Waals surface area contributed by atoms with Crippen molar-refractivity contribution in [3.63, 3.8) is 0 Å². The topological polar surface area (TPSA) is 35.2 Å². The smallest absolute Gasteiger partial charge is 0.0576 e. The molecule has 0 aromatic rings. The summed E-state index contributed by atoms with van der Waals surface area (Å²) in [5, 5.41) is 0. The van der Waals surface area contributed by atoms with E-state index in [-0.39, 0.29) is 0 Å². The molecule has 0 spiro atoms. The van der Waals surface area contributed by atoms with Crippen molar-refractivity contribution in [1.82, 2.24) is 0 Å². The molecule has 0 unspecified atom stereocenters. The van der Waals surface area contributed by atoms with Gasteiger partial charge in [0.05, 0.1) is 6.10 Å². The van der Waals surface area contributed by atoms with E-state index in [4.69, 9.17) is 4.74 Å². The lowest BCUT2D eigenvalue weighted by Crippen LogP contribution is -1.89. The van der Waals surface area contributed by atoms with Crippen LogP contribution in [-0.4, -0.2) is 19.8 Å². The Hall–Kier alpha value is -0.0800. The van der Waals surface area contributed by atoms with Gasteiger partial charge in [0.1, 0.15) is 0 Å². The predicted molar refractivity (Wildman–Crippen MR) is 34.8 cm³/mol. The lowest BCUT2D eigenvalue weighted by Gasteiger charge is -1.89. The lowest BCUT2D eigenvalue weighted by molar-refractivity contribution is 0.133. The van der Waals surface area contributed by atoms with Crippen molar-refractivity contribution >= 4 is 0 Å². The Bertz CT molecular complexity index is 43.8. The maximum absolute atomic E-state index is 5.15. The predicted octanol–water partition coefficient (Wildman–Crippen LogP) is 0.760. The van der Waals surface area contributed by atoms with Crippen LogP contribution in [0, 0.1) is 0 Å². The van der Waals surface area contributed by atoms with Crippen LogP contribution in [0.15, 0.2) is 0 Å². The van der Waals surface area contributed by atoms with E-state index in [0.29, 0.717) is 6.10 Å². The van der Waals surface area contributed by atoms with Gasteiger partial charge in [-0.3, -0.25) is 0 Å². The fraction of sp³-hybridized carbons (Fsp3) is 1.00. The van der Waals surface area contributed by atoms with Crippen LogP contribution in [0.25, 0.3) is 0 Å². The molecule has 8 heavy (non-hydrogen) atoms. The third kappa shape index (κ3) is 4.09. The second-order valence-electron chi connectivity index (χ2n) is 1.65. The van der Waals surface area contributed by atoms with Gasteiger partial charge in [-0.1, -0.05) is 0 Å². The number of nitrogens with two attached hydrogens (primary N) is 1. The highest BCUT2D eigenvalue weighted by Gasteiger charge is 2.20. The van der Waals surface area contributed by atoms with Gasteiger partial charge in [0.2, 0.25) is 0 Å². The normalized spacial score (nSPS) is 16.9. The Labute approximate surface area is 51.0 Å². The first kappa shape index (κ1) is 7.92. The summed E-state index contributed by atoms with van der Waals surface area (Å²) in [5.41, 5.74) is 4.50. The highest BCUT2D eigenvalue weighted by Crippen LogP contribution is 2.22. The van der Waals surface area contributed by atoms with Crippen molar-refractivity contribution in [2.75, 3.05) is 13.7 Å². The van der Waals surface area contributed by atoms with E-state index >= 15 is 0 Å². The molecule has 1 fully saturated rings. The first-order valence-corrected chi connectivity index (χ1v) is 3.13. The van der Waals surface area contributed by atoms with Crippen molar-refractivity contribution in [3.8, 4) is 0 Å². The lowest BCUT2D eigenvalue weighted by atomic mass is 10.8. The highest BCUT2D eigenvalue weighted by atomic mass is 16.5. The summed E-state index contributed by atoms with van der Waals surface area (Å²) in [7, 11) is 1.50. The highest BCUT2D eigenvalue weighted by molar-refractivity contribution is 4.72. The van der Waals surface area contributed by atoms with Gasteiger partial charge in [0.15, 0.2) is 0 Å². The van der Waals surface area contributed by atoms with Crippen molar-refractivity contribution in [2.45, 2.75) is 25.9 Å².